The number of hydrogen-bond donors (Lipinski definition) is 1. The summed E-state index contributed by atoms with van der Waals surface area (Å²) in [5, 5.41) is 1.92. The predicted molar refractivity (Wildman–Crippen MR) is 64.3 cm³/mol. The average molecular weight is 293 g/mol. The van der Waals surface area contributed by atoms with Crippen molar-refractivity contribution in [2.75, 3.05) is 4.72 Å². The fourth-order valence-electron chi connectivity index (χ4n) is 1.14. The maximum atomic E-state index is 13.5. The molecule has 8 heteroatoms. The number of hydrogen-bond acceptors (Lipinski definition) is 4. The molecule has 1 N–H and O–H groups in total. The summed E-state index contributed by atoms with van der Waals surface area (Å²) in [4.78, 5) is 3.29. The molecule has 0 spiro atoms. The van der Waals surface area contributed by atoms with Crippen molar-refractivity contribution in [1.29, 1.82) is 0 Å². The van der Waals surface area contributed by atoms with Crippen molar-refractivity contribution in [3.8, 4) is 0 Å². The maximum Gasteiger partial charge on any atom is 0.266 e. The lowest BCUT2D eigenvalue weighted by atomic mass is 10.3. The molecular weight excluding hydrogens is 287 g/mol. The van der Waals surface area contributed by atoms with E-state index in [1.165, 1.54) is 12.3 Å². The van der Waals surface area contributed by atoms with Crippen LogP contribution in [0.2, 0.25) is 5.02 Å². The third kappa shape index (κ3) is 2.74. The number of nitrogens with zero attached hydrogens (tertiary/aromatic N) is 1. The second-order valence-electron chi connectivity index (χ2n) is 3.02. The molecule has 0 aliphatic carbocycles. The molecular formula is C9H6ClFN2O2S2. The SMILES string of the molecule is O=S(=O)(Nc1nccs1)c1ccc(Cl)cc1F. The Balaban J connectivity index is 2.38. The molecule has 0 unspecified atom stereocenters. The van der Waals surface area contributed by atoms with E-state index < -0.39 is 20.7 Å². The molecule has 1 heterocycles. The van der Waals surface area contributed by atoms with Gasteiger partial charge in [-0.25, -0.2) is 17.8 Å². The average Bonchev–Trinajstić information content (AvgIpc) is 2.68. The molecule has 90 valence electrons. The van der Waals surface area contributed by atoms with Gasteiger partial charge in [0.1, 0.15) is 10.7 Å². The Bertz CT molecular complexity index is 628. The standard InChI is InChI=1S/C9H6ClFN2O2S2/c10-6-1-2-8(7(11)5-6)17(14,15)13-9-12-3-4-16-9/h1-5H,(H,12,13). The van der Waals surface area contributed by atoms with E-state index in [1.807, 2.05) is 0 Å². The lowest BCUT2D eigenvalue weighted by molar-refractivity contribution is 0.570. The minimum absolute atomic E-state index is 0.135. The Morgan fingerprint density at radius 1 is 1.41 bits per heavy atom. The highest BCUT2D eigenvalue weighted by Gasteiger charge is 2.20. The molecule has 0 amide bonds. The maximum absolute atomic E-state index is 13.5. The molecule has 2 rings (SSSR count). The smallest absolute Gasteiger partial charge is 0.255 e. The molecule has 17 heavy (non-hydrogen) atoms. The summed E-state index contributed by atoms with van der Waals surface area (Å²) in [5.74, 6) is -0.901. The van der Waals surface area contributed by atoms with Gasteiger partial charge in [0.2, 0.25) is 0 Å². The summed E-state index contributed by atoms with van der Waals surface area (Å²) in [6, 6.07) is 3.35. The topological polar surface area (TPSA) is 59.1 Å². The van der Waals surface area contributed by atoms with E-state index in [-0.39, 0.29) is 10.2 Å². The van der Waals surface area contributed by atoms with Gasteiger partial charge in [-0.15, -0.1) is 11.3 Å². The predicted octanol–water partition coefficient (Wildman–Crippen LogP) is 2.74. The van der Waals surface area contributed by atoms with Gasteiger partial charge in [0.25, 0.3) is 10.0 Å². The van der Waals surface area contributed by atoms with Crippen molar-refractivity contribution in [1.82, 2.24) is 4.98 Å². The highest BCUT2D eigenvalue weighted by molar-refractivity contribution is 7.93. The van der Waals surface area contributed by atoms with Gasteiger partial charge in [0, 0.05) is 16.6 Å². The van der Waals surface area contributed by atoms with E-state index >= 15 is 0 Å². The highest BCUT2D eigenvalue weighted by Crippen LogP contribution is 2.22. The van der Waals surface area contributed by atoms with Crippen LogP contribution in [0.25, 0.3) is 0 Å². The summed E-state index contributed by atoms with van der Waals surface area (Å²) >= 11 is 6.65. The summed E-state index contributed by atoms with van der Waals surface area (Å²) < 4.78 is 39.2. The lowest BCUT2D eigenvalue weighted by Gasteiger charge is -2.06. The number of nitrogens with one attached hydrogen (secondary N) is 1. The number of thiazole rings is 1. The van der Waals surface area contributed by atoms with Crippen LogP contribution in [-0.2, 0) is 10.0 Å². The number of benzene rings is 1. The van der Waals surface area contributed by atoms with Gasteiger partial charge in [-0.1, -0.05) is 11.6 Å². The molecule has 0 aliphatic heterocycles. The van der Waals surface area contributed by atoms with Crippen molar-refractivity contribution in [3.05, 3.63) is 40.6 Å². The molecule has 0 aliphatic rings. The first kappa shape index (κ1) is 12.3. The third-order valence-electron chi connectivity index (χ3n) is 1.84. The Morgan fingerprint density at radius 2 is 2.18 bits per heavy atom. The summed E-state index contributed by atoms with van der Waals surface area (Å²) in [7, 11) is -3.97. The molecule has 1 aromatic heterocycles. The van der Waals surface area contributed by atoms with Gasteiger partial charge >= 0.3 is 0 Å². The number of halogens is 2. The Kier molecular flexibility index (Phi) is 3.32. The summed E-state index contributed by atoms with van der Waals surface area (Å²) in [5.41, 5.74) is 0. The van der Waals surface area contributed by atoms with Gasteiger partial charge in [0.15, 0.2) is 5.13 Å². The first-order valence-corrected chi connectivity index (χ1v) is 7.10. The normalized spacial score (nSPS) is 11.4. The fourth-order valence-corrected chi connectivity index (χ4v) is 3.14. The Hall–Kier alpha value is -1.18. The van der Waals surface area contributed by atoms with Gasteiger partial charge in [0.05, 0.1) is 0 Å². The summed E-state index contributed by atoms with van der Waals surface area (Å²) in [6.07, 6.45) is 1.45. The minimum atomic E-state index is -3.97. The van der Waals surface area contributed by atoms with Crippen LogP contribution in [0.5, 0.6) is 0 Å². The van der Waals surface area contributed by atoms with Gasteiger partial charge in [-0.3, -0.25) is 4.72 Å². The van der Waals surface area contributed by atoms with Crippen LogP contribution >= 0.6 is 22.9 Å². The van der Waals surface area contributed by atoms with E-state index in [2.05, 4.69) is 9.71 Å². The lowest BCUT2D eigenvalue weighted by Crippen LogP contribution is -2.14. The molecule has 0 saturated heterocycles. The highest BCUT2D eigenvalue weighted by atomic mass is 35.5. The fraction of sp³-hybridized carbons (Fsp3) is 0. The van der Waals surface area contributed by atoms with Crippen LogP contribution in [0.15, 0.2) is 34.7 Å². The second-order valence-corrected chi connectivity index (χ2v) is 6.00. The van der Waals surface area contributed by atoms with Crippen molar-refractivity contribution >= 4 is 38.1 Å². The second kappa shape index (κ2) is 4.59. The van der Waals surface area contributed by atoms with Gasteiger partial charge in [-0.2, -0.15) is 0 Å². The minimum Gasteiger partial charge on any atom is -0.255 e. The van der Waals surface area contributed by atoms with Crippen molar-refractivity contribution < 1.29 is 12.8 Å². The van der Waals surface area contributed by atoms with Gasteiger partial charge in [-0.05, 0) is 18.2 Å². The van der Waals surface area contributed by atoms with Crippen LogP contribution < -0.4 is 4.72 Å². The van der Waals surface area contributed by atoms with Crippen LogP contribution in [-0.4, -0.2) is 13.4 Å². The quantitative estimate of drug-likeness (QED) is 0.946. The molecule has 0 radical (unpaired) electrons. The van der Waals surface area contributed by atoms with Crippen LogP contribution in [0.4, 0.5) is 9.52 Å². The van der Waals surface area contributed by atoms with Crippen LogP contribution in [0, 0.1) is 5.82 Å². The van der Waals surface area contributed by atoms with E-state index in [0.29, 0.717) is 0 Å². The molecule has 1 aromatic carbocycles. The monoisotopic (exact) mass is 292 g/mol. The van der Waals surface area contributed by atoms with Crippen LogP contribution in [0.1, 0.15) is 0 Å². The van der Waals surface area contributed by atoms with E-state index in [4.69, 9.17) is 11.6 Å². The van der Waals surface area contributed by atoms with Gasteiger partial charge < -0.3 is 0 Å². The van der Waals surface area contributed by atoms with E-state index in [0.717, 1.165) is 23.5 Å². The molecule has 0 saturated carbocycles. The number of anilines is 1. The first-order chi connectivity index (χ1) is 7.99. The zero-order valence-electron chi connectivity index (χ0n) is 8.22. The molecule has 0 bridgehead atoms. The first-order valence-electron chi connectivity index (χ1n) is 4.36. The van der Waals surface area contributed by atoms with E-state index in [1.54, 1.807) is 5.38 Å². The number of sulfonamides is 1. The summed E-state index contributed by atoms with van der Waals surface area (Å²) in [6.45, 7) is 0. The molecule has 0 fully saturated rings. The number of rotatable bonds is 3. The number of aromatic nitrogens is 1. The molecule has 0 atom stereocenters. The van der Waals surface area contributed by atoms with Crippen molar-refractivity contribution in [2.24, 2.45) is 0 Å². The zero-order chi connectivity index (χ0) is 12.5. The molecule has 4 nitrogen and oxygen atoms in total. The van der Waals surface area contributed by atoms with Crippen LogP contribution in [0.3, 0.4) is 0 Å². The molecule has 2 aromatic rings. The Labute approximate surface area is 106 Å². The largest absolute Gasteiger partial charge is 0.266 e. The van der Waals surface area contributed by atoms with Crippen molar-refractivity contribution in [3.63, 3.8) is 0 Å². The zero-order valence-corrected chi connectivity index (χ0v) is 10.6. The van der Waals surface area contributed by atoms with E-state index in [9.17, 15) is 12.8 Å². The third-order valence-corrected chi connectivity index (χ3v) is 4.26. The Morgan fingerprint density at radius 3 is 2.76 bits per heavy atom. The van der Waals surface area contributed by atoms with Crippen molar-refractivity contribution in [2.45, 2.75) is 4.90 Å².